The molecule has 0 aromatic carbocycles. The Labute approximate surface area is 175 Å². The SMILES string of the molecule is COC1OC(O)C2CC(C(C)CCC=C(C)C)C(OC(C)=O)CC(C)=CCC=C12. The number of fused-ring (bicyclic) bond motifs is 1. The largest absolute Gasteiger partial charge is 0.462 e. The van der Waals surface area contributed by atoms with Gasteiger partial charge in [-0.15, -0.1) is 0 Å². The first-order valence-electron chi connectivity index (χ1n) is 10.7. The van der Waals surface area contributed by atoms with Gasteiger partial charge in [0.25, 0.3) is 0 Å². The van der Waals surface area contributed by atoms with E-state index in [-0.39, 0.29) is 23.9 Å². The number of hydrogen-bond acceptors (Lipinski definition) is 5. The van der Waals surface area contributed by atoms with E-state index in [1.165, 1.54) is 18.1 Å². The molecule has 0 aromatic heterocycles. The van der Waals surface area contributed by atoms with E-state index in [4.69, 9.17) is 14.2 Å². The van der Waals surface area contributed by atoms with E-state index in [1.54, 1.807) is 7.11 Å². The molecule has 2 aliphatic rings. The summed E-state index contributed by atoms with van der Waals surface area (Å²) >= 11 is 0. The topological polar surface area (TPSA) is 65.0 Å². The second-order valence-electron chi connectivity index (χ2n) is 8.78. The molecule has 164 valence electrons. The molecule has 1 fully saturated rings. The zero-order valence-electron chi connectivity index (χ0n) is 18.8. The third-order valence-electron chi connectivity index (χ3n) is 6.09. The van der Waals surface area contributed by atoms with Crippen LogP contribution in [0.1, 0.15) is 66.7 Å². The van der Waals surface area contributed by atoms with Gasteiger partial charge in [0.2, 0.25) is 0 Å². The van der Waals surface area contributed by atoms with Crippen LogP contribution in [0.5, 0.6) is 0 Å². The Hall–Kier alpha value is -1.43. The molecular weight excluding hydrogens is 368 g/mol. The smallest absolute Gasteiger partial charge is 0.302 e. The van der Waals surface area contributed by atoms with Crippen LogP contribution in [0.25, 0.3) is 0 Å². The van der Waals surface area contributed by atoms with Gasteiger partial charge in [0.05, 0.1) is 0 Å². The van der Waals surface area contributed by atoms with E-state index >= 15 is 0 Å². The Morgan fingerprint density at radius 2 is 2.07 bits per heavy atom. The minimum absolute atomic E-state index is 0.119. The number of hydrogen-bond donors (Lipinski definition) is 1. The van der Waals surface area contributed by atoms with Gasteiger partial charge in [-0.05, 0) is 63.9 Å². The van der Waals surface area contributed by atoms with Crippen molar-refractivity contribution in [1.82, 2.24) is 0 Å². The molecule has 1 heterocycles. The van der Waals surface area contributed by atoms with Crippen molar-refractivity contribution in [3.8, 4) is 0 Å². The maximum absolute atomic E-state index is 11.9. The number of allylic oxidation sites excluding steroid dienone is 4. The molecule has 1 aliphatic carbocycles. The molecule has 0 radical (unpaired) electrons. The fourth-order valence-electron chi connectivity index (χ4n) is 4.51. The third kappa shape index (κ3) is 6.80. The Kier molecular flexibility index (Phi) is 9.12. The normalized spacial score (nSPS) is 31.2. The zero-order chi connectivity index (χ0) is 21.6. The molecular formula is C24H38O5. The quantitative estimate of drug-likeness (QED) is 0.501. The summed E-state index contributed by atoms with van der Waals surface area (Å²) in [6.45, 7) is 10.0. The summed E-state index contributed by atoms with van der Waals surface area (Å²) in [6.07, 6.45) is 9.08. The number of carbonyl (C=O) groups excluding carboxylic acids is 1. The predicted octanol–water partition coefficient (Wildman–Crippen LogP) is 4.91. The highest BCUT2D eigenvalue weighted by Gasteiger charge is 2.43. The van der Waals surface area contributed by atoms with Crippen molar-refractivity contribution >= 4 is 5.97 Å². The van der Waals surface area contributed by atoms with Gasteiger partial charge in [-0.3, -0.25) is 4.79 Å². The average Bonchev–Trinajstić information content (AvgIpc) is 2.93. The van der Waals surface area contributed by atoms with Crippen LogP contribution in [-0.4, -0.2) is 36.9 Å². The number of ether oxygens (including phenoxy) is 3. The summed E-state index contributed by atoms with van der Waals surface area (Å²) in [7, 11) is 1.60. The van der Waals surface area contributed by atoms with Crippen LogP contribution in [0.3, 0.4) is 0 Å². The molecule has 6 atom stereocenters. The Morgan fingerprint density at radius 1 is 1.34 bits per heavy atom. The number of esters is 1. The molecule has 0 bridgehead atoms. The summed E-state index contributed by atoms with van der Waals surface area (Å²) < 4.78 is 16.9. The summed E-state index contributed by atoms with van der Waals surface area (Å²) in [4.78, 5) is 11.9. The van der Waals surface area contributed by atoms with E-state index in [0.717, 1.165) is 31.3 Å². The van der Waals surface area contributed by atoms with Crippen LogP contribution in [0.15, 0.2) is 34.9 Å². The molecule has 0 amide bonds. The first-order chi connectivity index (χ1) is 13.7. The van der Waals surface area contributed by atoms with Crippen LogP contribution < -0.4 is 0 Å². The van der Waals surface area contributed by atoms with Crippen LogP contribution >= 0.6 is 0 Å². The summed E-state index contributed by atoms with van der Waals surface area (Å²) in [5, 5.41) is 10.6. The lowest BCUT2D eigenvalue weighted by Crippen LogP contribution is -2.35. The second kappa shape index (κ2) is 11.1. The average molecular weight is 407 g/mol. The lowest BCUT2D eigenvalue weighted by molar-refractivity contribution is -0.178. The second-order valence-corrected chi connectivity index (χ2v) is 8.78. The van der Waals surface area contributed by atoms with Crippen LogP contribution in [0, 0.1) is 17.8 Å². The number of carbonyl (C=O) groups is 1. The molecule has 5 nitrogen and oxygen atoms in total. The predicted molar refractivity (Wildman–Crippen MR) is 114 cm³/mol. The molecule has 5 heteroatoms. The maximum Gasteiger partial charge on any atom is 0.302 e. The van der Waals surface area contributed by atoms with Gasteiger partial charge in [-0.2, -0.15) is 0 Å². The van der Waals surface area contributed by atoms with Gasteiger partial charge in [0.1, 0.15) is 6.10 Å². The van der Waals surface area contributed by atoms with Crippen LogP contribution in [0.4, 0.5) is 0 Å². The Balaban J connectivity index is 2.35. The van der Waals surface area contributed by atoms with E-state index < -0.39 is 12.6 Å². The molecule has 2 rings (SSSR count). The van der Waals surface area contributed by atoms with E-state index in [1.807, 2.05) is 0 Å². The number of rotatable bonds is 6. The molecule has 1 aliphatic heterocycles. The first-order valence-corrected chi connectivity index (χ1v) is 10.7. The monoisotopic (exact) mass is 406 g/mol. The molecule has 6 unspecified atom stereocenters. The fourth-order valence-corrected chi connectivity index (χ4v) is 4.51. The van der Waals surface area contributed by atoms with Gasteiger partial charge in [-0.25, -0.2) is 0 Å². The van der Waals surface area contributed by atoms with Gasteiger partial charge >= 0.3 is 5.97 Å². The van der Waals surface area contributed by atoms with E-state index in [2.05, 4.69) is 45.9 Å². The molecule has 1 saturated heterocycles. The maximum atomic E-state index is 11.9. The highest BCUT2D eigenvalue weighted by atomic mass is 16.7. The van der Waals surface area contributed by atoms with Crippen LogP contribution in [-0.2, 0) is 19.0 Å². The van der Waals surface area contributed by atoms with Gasteiger partial charge in [-0.1, -0.05) is 36.3 Å². The minimum atomic E-state index is -0.902. The van der Waals surface area contributed by atoms with Crippen molar-refractivity contribution in [3.05, 3.63) is 34.9 Å². The number of methoxy groups -OCH3 is 1. The molecule has 0 aromatic rings. The van der Waals surface area contributed by atoms with Crippen molar-refractivity contribution in [2.24, 2.45) is 17.8 Å². The minimum Gasteiger partial charge on any atom is -0.462 e. The fraction of sp³-hybridized carbons (Fsp3) is 0.708. The summed E-state index contributed by atoms with van der Waals surface area (Å²) in [5.41, 5.74) is 3.52. The van der Waals surface area contributed by atoms with Crippen molar-refractivity contribution in [1.29, 1.82) is 0 Å². The molecule has 1 N–H and O–H groups in total. The van der Waals surface area contributed by atoms with Crippen molar-refractivity contribution in [2.75, 3.05) is 7.11 Å². The first kappa shape index (κ1) is 23.8. The number of aliphatic hydroxyl groups excluding tert-OH is 1. The Morgan fingerprint density at radius 3 is 2.69 bits per heavy atom. The lowest BCUT2D eigenvalue weighted by atomic mass is 9.75. The Bertz CT molecular complexity index is 644. The van der Waals surface area contributed by atoms with E-state index in [9.17, 15) is 9.90 Å². The van der Waals surface area contributed by atoms with E-state index in [0.29, 0.717) is 12.3 Å². The van der Waals surface area contributed by atoms with Crippen molar-refractivity contribution < 1.29 is 24.1 Å². The van der Waals surface area contributed by atoms with Crippen molar-refractivity contribution in [3.63, 3.8) is 0 Å². The van der Waals surface area contributed by atoms with Gasteiger partial charge in [0, 0.05) is 26.4 Å². The standard InChI is InChI=1S/C24H38O5/c1-15(2)9-7-11-17(4)20-14-21-19(24(27-6)29-23(21)26)12-8-10-16(3)13-22(20)28-18(5)25/h9-10,12,17,20-24,26H,7-8,11,13-14H2,1-6H3. The summed E-state index contributed by atoms with van der Waals surface area (Å²) in [6, 6.07) is 0. The summed E-state index contributed by atoms with van der Waals surface area (Å²) in [5.74, 6) is 0.0428. The van der Waals surface area contributed by atoms with Gasteiger partial charge in [0.15, 0.2) is 12.6 Å². The van der Waals surface area contributed by atoms with Crippen molar-refractivity contribution in [2.45, 2.75) is 85.4 Å². The highest BCUT2D eigenvalue weighted by Crippen LogP contribution is 2.41. The third-order valence-corrected chi connectivity index (χ3v) is 6.09. The highest BCUT2D eigenvalue weighted by molar-refractivity contribution is 5.66. The van der Waals surface area contributed by atoms with Crippen LogP contribution in [0.2, 0.25) is 0 Å². The lowest BCUT2D eigenvalue weighted by Gasteiger charge is -2.34. The zero-order valence-corrected chi connectivity index (χ0v) is 18.8. The molecule has 29 heavy (non-hydrogen) atoms. The van der Waals surface area contributed by atoms with Gasteiger partial charge < -0.3 is 19.3 Å². The molecule has 0 spiro atoms. The molecule has 0 saturated carbocycles. The number of aliphatic hydroxyl groups is 1.